The molecular weight excluding hydrogens is 393 g/mol. The highest BCUT2D eigenvalue weighted by atomic mass is 32.1. The Morgan fingerprint density at radius 3 is 2.18 bits per heavy atom. The summed E-state index contributed by atoms with van der Waals surface area (Å²) in [4.78, 5) is 23.9. The van der Waals surface area contributed by atoms with Gasteiger partial charge in [0, 0.05) is 5.56 Å². The number of amides is 2. The van der Waals surface area contributed by atoms with E-state index in [1.807, 2.05) is 30.3 Å². The minimum atomic E-state index is -4.62. The number of halogens is 3. The average Bonchev–Trinajstić information content (AvgIpc) is 3.16. The number of carbonyl (C=O) groups is 2. The van der Waals surface area contributed by atoms with Crippen molar-refractivity contribution in [3.05, 3.63) is 65.2 Å². The summed E-state index contributed by atoms with van der Waals surface area (Å²) in [6.45, 7) is -0.416. The molecule has 3 rings (SSSR count). The highest BCUT2D eigenvalue weighted by Gasteiger charge is 2.35. The molecule has 0 atom stereocenters. The van der Waals surface area contributed by atoms with Crippen molar-refractivity contribution in [2.45, 2.75) is 6.18 Å². The van der Waals surface area contributed by atoms with Gasteiger partial charge in [-0.15, -0.1) is 10.2 Å². The van der Waals surface area contributed by atoms with Gasteiger partial charge in [0.15, 0.2) is 0 Å². The Kier molecular flexibility index (Phi) is 5.69. The second-order valence-electron chi connectivity index (χ2n) is 5.58. The van der Waals surface area contributed by atoms with E-state index < -0.39 is 29.5 Å². The first-order chi connectivity index (χ1) is 13.3. The van der Waals surface area contributed by atoms with Gasteiger partial charge in [0.25, 0.3) is 5.91 Å². The fourth-order valence-corrected chi connectivity index (χ4v) is 2.89. The molecule has 144 valence electrons. The smallest absolute Gasteiger partial charge is 0.343 e. The number of rotatable bonds is 5. The molecule has 2 N–H and O–H groups in total. The quantitative estimate of drug-likeness (QED) is 0.678. The number of benzene rings is 2. The van der Waals surface area contributed by atoms with Crippen LogP contribution in [-0.4, -0.2) is 28.6 Å². The van der Waals surface area contributed by atoms with Crippen LogP contribution in [-0.2, 0) is 11.0 Å². The van der Waals surface area contributed by atoms with Crippen molar-refractivity contribution in [3.63, 3.8) is 0 Å². The Bertz CT molecular complexity index is 973. The van der Waals surface area contributed by atoms with Crippen LogP contribution < -0.4 is 10.6 Å². The maximum absolute atomic E-state index is 12.5. The fraction of sp³-hybridized carbons (Fsp3) is 0.111. The van der Waals surface area contributed by atoms with Crippen LogP contribution >= 0.6 is 11.3 Å². The van der Waals surface area contributed by atoms with E-state index in [0.29, 0.717) is 5.56 Å². The van der Waals surface area contributed by atoms with Crippen molar-refractivity contribution in [2.75, 3.05) is 11.9 Å². The van der Waals surface area contributed by atoms with Crippen LogP contribution in [0.1, 0.15) is 15.4 Å². The van der Waals surface area contributed by atoms with Gasteiger partial charge in [-0.1, -0.05) is 53.8 Å². The second-order valence-corrected chi connectivity index (χ2v) is 6.56. The zero-order chi connectivity index (χ0) is 20.1. The van der Waals surface area contributed by atoms with Gasteiger partial charge in [-0.25, -0.2) is 0 Å². The summed E-state index contributed by atoms with van der Waals surface area (Å²) < 4.78 is 37.4. The van der Waals surface area contributed by atoms with Crippen LogP contribution in [0.2, 0.25) is 0 Å². The standard InChI is InChI=1S/C18H13F3N4O2S/c19-18(20,21)16-24-25-17(28-16)23-14(26)10-22-15(27)13-8-6-12(7-9-13)11-4-2-1-3-5-11/h1-9H,10H2,(H,22,27)(H,23,25,26). The topological polar surface area (TPSA) is 84.0 Å². The van der Waals surface area contributed by atoms with Gasteiger partial charge < -0.3 is 5.32 Å². The van der Waals surface area contributed by atoms with Gasteiger partial charge in [0.1, 0.15) is 0 Å². The maximum atomic E-state index is 12.5. The molecule has 0 bridgehead atoms. The van der Waals surface area contributed by atoms with Gasteiger partial charge in [-0.05, 0) is 23.3 Å². The molecular formula is C18H13F3N4O2S. The fourth-order valence-electron chi connectivity index (χ4n) is 2.26. The minimum absolute atomic E-state index is 0.206. The predicted octanol–water partition coefficient (Wildman–Crippen LogP) is 3.59. The van der Waals surface area contributed by atoms with E-state index >= 15 is 0 Å². The summed E-state index contributed by atoms with van der Waals surface area (Å²) >= 11 is 0.206. The first-order valence-corrected chi connectivity index (χ1v) is 8.79. The molecule has 0 fully saturated rings. The number of nitrogens with zero attached hydrogens (tertiary/aromatic N) is 2. The Hall–Kier alpha value is -3.27. The lowest BCUT2D eigenvalue weighted by molar-refractivity contribution is -0.138. The third-order valence-electron chi connectivity index (χ3n) is 3.58. The molecule has 3 aromatic rings. The summed E-state index contributed by atoms with van der Waals surface area (Å²) in [6.07, 6.45) is -4.62. The lowest BCUT2D eigenvalue weighted by Crippen LogP contribution is -2.32. The van der Waals surface area contributed by atoms with E-state index in [4.69, 9.17) is 0 Å². The van der Waals surface area contributed by atoms with E-state index in [0.717, 1.165) is 11.1 Å². The lowest BCUT2D eigenvalue weighted by Gasteiger charge is -2.06. The van der Waals surface area contributed by atoms with Crippen molar-refractivity contribution < 1.29 is 22.8 Å². The zero-order valence-corrected chi connectivity index (χ0v) is 15.0. The molecule has 0 unspecified atom stereocenters. The van der Waals surface area contributed by atoms with Gasteiger partial charge in [-0.3, -0.25) is 14.9 Å². The van der Waals surface area contributed by atoms with Crippen molar-refractivity contribution >= 4 is 28.3 Å². The molecule has 0 radical (unpaired) electrons. The number of nitrogens with one attached hydrogen (secondary N) is 2. The van der Waals surface area contributed by atoms with Gasteiger partial charge >= 0.3 is 6.18 Å². The van der Waals surface area contributed by atoms with E-state index in [1.165, 1.54) is 0 Å². The predicted molar refractivity (Wildman–Crippen MR) is 97.8 cm³/mol. The van der Waals surface area contributed by atoms with E-state index in [2.05, 4.69) is 20.8 Å². The molecule has 2 aromatic carbocycles. The lowest BCUT2D eigenvalue weighted by atomic mass is 10.0. The molecule has 0 aliphatic heterocycles. The van der Waals surface area contributed by atoms with Crippen LogP contribution in [0.5, 0.6) is 0 Å². The molecule has 0 saturated carbocycles. The van der Waals surface area contributed by atoms with Crippen molar-refractivity contribution in [3.8, 4) is 11.1 Å². The maximum Gasteiger partial charge on any atom is 0.445 e. The number of aromatic nitrogens is 2. The van der Waals surface area contributed by atoms with Crippen LogP contribution in [0.4, 0.5) is 18.3 Å². The number of carbonyl (C=O) groups excluding carboxylic acids is 2. The number of anilines is 1. The molecule has 1 heterocycles. The molecule has 28 heavy (non-hydrogen) atoms. The van der Waals surface area contributed by atoms with Crippen LogP contribution in [0, 0.1) is 0 Å². The monoisotopic (exact) mass is 406 g/mol. The molecule has 0 aliphatic carbocycles. The summed E-state index contributed by atoms with van der Waals surface area (Å²) in [5, 5.41) is 9.32. The van der Waals surface area contributed by atoms with Crippen LogP contribution in [0.25, 0.3) is 11.1 Å². The van der Waals surface area contributed by atoms with E-state index in [1.54, 1.807) is 24.3 Å². The first kappa shape index (κ1) is 19.5. The zero-order valence-electron chi connectivity index (χ0n) is 14.2. The summed E-state index contributed by atoms with van der Waals surface area (Å²) in [5.41, 5.74) is 2.29. The molecule has 1 aromatic heterocycles. The Balaban J connectivity index is 1.53. The van der Waals surface area contributed by atoms with Crippen molar-refractivity contribution in [1.82, 2.24) is 15.5 Å². The third-order valence-corrected chi connectivity index (χ3v) is 4.46. The number of hydrogen-bond acceptors (Lipinski definition) is 5. The summed E-state index contributed by atoms with van der Waals surface area (Å²) in [6, 6.07) is 16.4. The first-order valence-electron chi connectivity index (χ1n) is 7.97. The molecule has 0 spiro atoms. The largest absolute Gasteiger partial charge is 0.445 e. The van der Waals surface area contributed by atoms with Gasteiger partial charge in [0.05, 0.1) is 6.54 Å². The Morgan fingerprint density at radius 2 is 1.57 bits per heavy atom. The third kappa shape index (κ3) is 4.92. The molecule has 0 aliphatic rings. The Morgan fingerprint density at radius 1 is 0.929 bits per heavy atom. The molecule has 6 nitrogen and oxygen atoms in total. The highest BCUT2D eigenvalue weighted by molar-refractivity contribution is 7.15. The van der Waals surface area contributed by atoms with Crippen LogP contribution in [0.3, 0.4) is 0 Å². The normalized spacial score (nSPS) is 11.1. The minimum Gasteiger partial charge on any atom is -0.343 e. The van der Waals surface area contributed by atoms with Crippen molar-refractivity contribution in [1.29, 1.82) is 0 Å². The van der Waals surface area contributed by atoms with Crippen LogP contribution in [0.15, 0.2) is 54.6 Å². The highest BCUT2D eigenvalue weighted by Crippen LogP contribution is 2.32. The van der Waals surface area contributed by atoms with E-state index in [9.17, 15) is 22.8 Å². The van der Waals surface area contributed by atoms with Gasteiger partial charge in [0.2, 0.25) is 16.0 Å². The SMILES string of the molecule is O=C(CNC(=O)c1ccc(-c2ccccc2)cc1)Nc1nnc(C(F)(F)F)s1. The molecule has 10 heteroatoms. The second kappa shape index (κ2) is 8.17. The van der Waals surface area contributed by atoms with Gasteiger partial charge in [-0.2, -0.15) is 13.2 Å². The number of alkyl halides is 3. The van der Waals surface area contributed by atoms with Crippen molar-refractivity contribution in [2.24, 2.45) is 0 Å². The molecule has 0 saturated heterocycles. The molecule has 2 amide bonds. The number of hydrogen-bond donors (Lipinski definition) is 2. The summed E-state index contributed by atoms with van der Waals surface area (Å²) in [7, 11) is 0. The van der Waals surface area contributed by atoms with E-state index in [-0.39, 0.29) is 16.5 Å². The summed E-state index contributed by atoms with van der Waals surface area (Å²) in [5.74, 6) is -1.19. The Labute approximate surface area is 161 Å². The average molecular weight is 406 g/mol.